The van der Waals surface area contributed by atoms with Crippen molar-refractivity contribution in [1.29, 1.82) is 0 Å². The van der Waals surface area contributed by atoms with Crippen LogP contribution in [0.3, 0.4) is 0 Å². The average molecular weight is 1900 g/mol. The number of pyridine rings is 5. The van der Waals surface area contributed by atoms with Crippen LogP contribution in [0.25, 0.3) is 89.6 Å². The standard InChI is InChI=1S/C26H23N5O5.C26H21N5O5.C25H21N5O5.C24H19N5O5/c1-13-23(14(2)30-29-13)18-6-7-20-19(27-18)9-21(36-20)26(10-22(32)28-25(26)34)12-31-11-15-4-5-16(35-3)8-17(15)24(31)33;1-35-16-4-2-15-12-31(24(33)17(15)8-16)13-26(10-23(32)30-25(26)34)21-9-19-20(36-21)6-5-18(29-19)14-3-7-22(27)28-11-14;1-29-11-15(10-26-29)18-5-6-20-19(27-18)8-21(35-20)25(9-22(31)28-24(25)33)13-30-12-14-3-4-16(34-2)7-17(14)23(30)32;1-33-14-3-2-13-11-29(22(31)15(13)8-14)12-24(10-21(30)27-23(24)32)20-9-18-19(34-20)5-4-16(26-18)17-6-7-25-28-17/h4-9H,10-12H2,1-3H3,(H,29,30)(H,28,32,34);2-9,11H,10,12-13H2,1H3,(H2,27,28)(H,30,32,34);3-8,10-11H,9,12-13H2,1-2H3,(H,28,31,33);2-9H,10-12H2,1H3,(H,25,28)(H,27,30,32)/t2*26-;25-;24-/m1111/s1. The van der Waals surface area contributed by atoms with Gasteiger partial charge in [-0.1, -0.05) is 24.3 Å². The first kappa shape index (κ1) is 89.4. The van der Waals surface area contributed by atoms with Gasteiger partial charge < -0.3 is 61.9 Å². The number of H-pyrrole nitrogens is 2. The molecule has 0 radical (unpaired) electrons. The van der Waals surface area contributed by atoms with Gasteiger partial charge in [-0.15, -0.1) is 0 Å². The second-order valence-corrected chi connectivity index (χ2v) is 35.7. The first-order valence-electron chi connectivity index (χ1n) is 44.6. The molecule has 16 aromatic rings. The fraction of sp³-hybridized carbons (Fsp3) is 0.228. The van der Waals surface area contributed by atoms with E-state index in [9.17, 15) is 57.5 Å². The van der Waals surface area contributed by atoms with Gasteiger partial charge in [-0.05, 0) is 151 Å². The lowest BCUT2D eigenvalue weighted by molar-refractivity contribution is -0.128. The number of carbonyl (C=O) groups is 12. The molecule has 8 aliphatic heterocycles. The number of nitrogens with one attached hydrogen (secondary N) is 6. The van der Waals surface area contributed by atoms with Crippen molar-refractivity contribution < 1.29 is 94.2 Å². The topological polar surface area (TPSA) is 521 Å². The Labute approximate surface area is 797 Å². The summed E-state index contributed by atoms with van der Waals surface area (Å²) in [5.74, 6) is -0.666. The van der Waals surface area contributed by atoms with Gasteiger partial charge in [0.25, 0.3) is 23.6 Å². The van der Waals surface area contributed by atoms with Crippen molar-refractivity contribution in [2.75, 3.05) is 60.4 Å². The minimum Gasteiger partial charge on any atom is -0.497 e. The van der Waals surface area contributed by atoms with E-state index in [1.54, 1.807) is 171 Å². The Bertz CT molecular complexity index is 7990. The summed E-state index contributed by atoms with van der Waals surface area (Å²) >= 11 is 0. The molecule has 0 saturated carbocycles. The molecule has 4 fully saturated rings. The number of aryl methyl sites for hydroxylation is 3. The second-order valence-electron chi connectivity index (χ2n) is 35.7. The second kappa shape index (κ2) is 34.6. The number of imide groups is 4. The molecule has 8 aliphatic rings. The fourth-order valence-corrected chi connectivity index (χ4v) is 19.6. The number of furan rings is 4. The van der Waals surface area contributed by atoms with Gasteiger partial charge in [-0.2, -0.15) is 15.3 Å². The SMILES string of the molecule is COc1ccc2c(c1)C(=O)N(C[C@@]1(c3cc4nc(-c5c(C)n[nH]c5C)ccc4o3)CC(=O)NC1=O)C2.COc1ccc2c(c1)C(=O)N(C[C@@]1(c3cc4nc(-c5ccc(N)nc5)ccc4o3)CC(=O)NC1=O)C2.COc1ccc2c(c1)C(=O)N(C[C@@]1(c3cc4nc(-c5ccn[nH]5)ccc4o3)CC(=O)NC1=O)C2.COc1ccc2c(c1)C(=O)N(C[C@@]1(c3cc4nc(-c5cnn(C)c5)ccc4o3)CC(=O)NC1=O)C2. The third kappa shape index (κ3) is 15.8. The Kier molecular flexibility index (Phi) is 21.9. The molecule has 708 valence electrons. The van der Waals surface area contributed by atoms with Gasteiger partial charge in [0.1, 0.15) is 95.6 Å². The molecule has 40 heteroatoms. The van der Waals surface area contributed by atoms with Crippen LogP contribution in [0.2, 0.25) is 0 Å². The van der Waals surface area contributed by atoms with E-state index in [1.807, 2.05) is 69.6 Å². The summed E-state index contributed by atoms with van der Waals surface area (Å²) in [5, 5.41) is 27.7. The van der Waals surface area contributed by atoms with Crippen LogP contribution in [0.4, 0.5) is 5.82 Å². The van der Waals surface area contributed by atoms with Gasteiger partial charge in [0.15, 0.2) is 22.3 Å². The number of nitrogens with zero attached hydrogens (tertiary/aromatic N) is 13. The lowest BCUT2D eigenvalue weighted by Gasteiger charge is -2.28. The van der Waals surface area contributed by atoms with Crippen LogP contribution < -0.4 is 45.9 Å². The van der Waals surface area contributed by atoms with Crippen molar-refractivity contribution in [3.05, 3.63) is 268 Å². The summed E-state index contributed by atoms with van der Waals surface area (Å²) in [6.45, 7) is 5.07. The van der Waals surface area contributed by atoms with Crippen LogP contribution in [0.5, 0.6) is 23.0 Å². The number of aromatic amines is 2. The fourth-order valence-electron chi connectivity index (χ4n) is 19.6. The van der Waals surface area contributed by atoms with E-state index in [0.29, 0.717) is 156 Å². The number of amides is 12. The van der Waals surface area contributed by atoms with Crippen LogP contribution in [-0.4, -0.2) is 200 Å². The number of nitrogens with two attached hydrogens (primary N) is 1. The molecule has 0 spiro atoms. The zero-order valence-electron chi connectivity index (χ0n) is 76.4. The molecule has 12 amide bonds. The molecule has 0 aliphatic carbocycles. The summed E-state index contributed by atoms with van der Waals surface area (Å²) in [6.07, 6.45) is 6.32. The monoisotopic (exact) mass is 1900 g/mol. The van der Waals surface area contributed by atoms with Crippen molar-refractivity contribution in [2.24, 2.45) is 7.05 Å². The van der Waals surface area contributed by atoms with Crippen LogP contribution in [0.1, 0.15) is 124 Å². The molecular formula is C101H84N20O20. The average Bonchev–Trinajstić information content (AvgIpc) is 1.59. The summed E-state index contributed by atoms with van der Waals surface area (Å²) in [4.78, 5) is 184. The highest BCUT2D eigenvalue weighted by Gasteiger charge is 2.58. The molecule has 12 aromatic heterocycles. The van der Waals surface area contributed by atoms with Crippen LogP contribution in [0, 0.1) is 13.8 Å². The Morgan fingerprint density at radius 2 is 0.723 bits per heavy atom. The molecule has 141 heavy (non-hydrogen) atoms. The highest BCUT2D eigenvalue weighted by molar-refractivity contribution is 6.14. The number of methoxy groups -OCH3 is 4. The highest BCUT2D eigenvalue weighted by atomic mass is 16.5. The maximum absolute atomic E-state index is 13.2. The zero-order valence-corrected chi connectivity index (χ0v) is 76.4. The lowest BCUT2D eigenvalue weighted by Crippen LogP contribution is -2.46. The predicted molar refractivity (Wildman–Crippen MR) is 499 cm³/mol. The van der Waals surface area contributed by atoms with Gasteiger partial charge in [0.05, 0.1) is 94.5 Å². The molecule has 4 saturated heterocycles. The molecule has 8 N–H and O–H groups in total. The van der Waals surface area contributed by atoms with E-state index in [4.69, 9.17) is 47.3 Å². The van der Waals surface area contributed by atoms with E-state index in [0.717, 1.165) is 61.7 Å². The molecule has 0 unspecified atom stereocenters. The maximum Gasteiger partial charge on any atom is 0.254 e. The number of anilines is 1. The first-order chi connectivity index (χ1) is 68.0. The van der Waals surface area contributed by atoms with Gasteiger partial charge in [0, 0.05) is 147 Å². The number of nitrogen functional groups attached to an aromatic ring is 1. The Morgan fingerprint density at radius 1 is 0.383 bits per heavy atom. The number of hydrogen-bond donors (Lipinski definition) is 7. The first-order valence-corrected chi connectivity index (χ1v) is 44.6. The molecule has 20 heterocycles. The number of aromatic nitrogens is 11. The maximum atomic E-state index is 13.2. The smallest absolute Gasteiger partial charge is 0.254 e. The predicted octanol–water partition coefficient (Wildman–Crippen LogP) is 9.55. The number of carbonyl (C=O) groups excluding carboxylic acids is 12. The van der Waals surface area contributed by atoms with Crippen LogP contribution in [-0.2, 0) is 93.2 Å². The molecule has 4 aromatic carbocycles. The highest BCUT2D eigenvalue weighted by Crippen LogP contribution is 2.47. The quantitative estimate of drug-likeness (QED) is 0.0349. The normalized spacial score (nSPS) is 19.4. The van der Waals surface area contributed by atoms with Crippen LogP contribution in [0.15, 0.2) is 206 Å². The van der Waals surface area contributed by atoms with E-state index in [1.165, 1.54) is 21.3 Å². The summed E-state index contributed by atoms with van der Waals surface area (Å²) < 4.78 is 47.0. The van der Waals surface area contributed by atoms with Crippen molar-refractivity contribution in [1.82, 2.24) is 96.0 Å². The summed E-state index contributed by atoms with van der Waals surface area (Å²) in [5.41, 5.74) is 17.5. The lowest BCUT2D eigenvalue weighted by atomic mass is 9.82. The zero-order chi connectivity index (χ0) is 98.0. The molecule has 24 rings (SSSR count). The Morgan fingerprint density at radius 3 is 1.02 bits per heavy atom. The molecule has 4 atom stereocenters. The van der Waals surface area contributed by atoms with Gasteiger partial charge >= 0.3 is 0 Å². The Balaban J connectivity index is 0.000000111. The van der Waals surface area contributed by atoms with Crippen molar-refractivity contribution in [3.63, 3.8) is 0 Å². The van der Waals surface area contributed by atoms with Gasteiger partial charge in [-0.3, -0.25) is 93.7 Å². The number of benzene rings is 4. The minimum absolute atomic E-state index is 0.00428. The number of rotatable bonds is 20. The van der Waals surface area contributed by atoms with Crippen LogP contribution >= 0.6 is 0 Å². The molecule has 0 bridgehead atoms. The van der Waals surface area contributed by atoms with E-state index in [-0.39, 0.29) is 81.3 Å². The number of fused-ring (bicyclic) bond motifs is 8. The van der Waals surface area contributed by atoms with Crippen molar-refractivity contribution in [2.45, 2.75) is 87.4 Å². The summed E-state index contributed by atoms with van der Waals surface area (Å²) in [6, 6.07) is 47.6. The number of ether oxygens (including phenoxy) is 4. The van der Waals surface area contributed by atoms with Gasteiger partial charge in [-0.25, -0.2) is 24.9 Å². The van der Waals surface area contributed by atoms with Gasteiger partial charge in [0.2, 0.25) is 47.3 Å². The molecule has 40 nitrogen and oxygen atoms in total. The van der Waals surface area contributed by atoms with Crippen molar-refractivity contribution in [3.8, 4) is 68.2 Å². The third-order valence-corrected chi connectivity index (χ3v) is 26.9. The summed E-state index contributed by atoms with van der Waals surface area (Å²) in [7, 11) is 7.98. The van der Waals surface area contributed by atoms with Crippen molar-refractivity contribution >= 4 is 121 Å². The Hall–Kier alpha value is -18.1. The molecular weight excluding hydrogens is 1810 g/mol. The van der Waals surface area contributed by atoms with E-state index >= 15 is 0 Å². The van der Waals surface area contributed by atoms with E-state index in [2.05, 4.69) is 66.7 Å². The minimum atomic E-state index is -1.37. The van der Waals surface area contributed by atoms with E-state index < -0.39 is 68.9 Å². The largest absolute Gasteiger partial charge is 0.497 e. The number of hydrogen-bond acceptors (Lipinski definition) is 29. The third-order valence-electron chi connectivity index (χ3n) is 26.9.